The fourth-order valence-corrected chi connectivity index (χ4v) is 3.10. The molecule has 0 spiro atoms. The molecule has 1 aromatic heterocycles. The molecule has 2 aromatic rings. The fourth-order valence-electron chi connectivity index (χ4n) is 3.10. The lowest BCUT2D eigenvalue weighted by atomic mass is 10.0. The van der Waals surface area contributed by atoms with E-state index in [1.54, 1.807) is 0 Å². The number of nitrogens with one attached hydrogen (secondary N) is 2. The van der Waals surface area contributed by atoms with Crippen LogP contribution in [0.4, 0.5) is 0 Å². The maximum atomic E-state index is 12.0. The Hall–Kier alpha value is -1.85. The second-order valence-corrected chi connectivity index (χ2v) is 5.30. The molecular weight excluding hydrogens is 252 g/mol. The number of nitrogens with two attached hydrogens (primary N) is 1. The highest BCUT2D eigenvalue weighted by atomic mass is 16.1. The Kier molecular flexibility index (Phi) is 3.46. The zero-order chi connectivity index (χ0) is 14.1. The average molecular weight is 272 g/mol. The largest absolute Gasteiger partial charge is 0.368 e. The summed E-state index contributed by atoms with van der Waals surface area (Å²) >= 11 is 0. The predicted molar refractivity (Wildman–Crippen MR) is 79.4 cm³/mol. The second kappa shape index (κ2) is 5.26. The smallest absolute Gasteiger partial charge is 0.239 e. The summed E-state index contributed by atoms with van der Waals surface area (Å²) in [5.41, 5.74) is 8.81. The van der Waals surface area contributed by atoms with E-state index < -0.39 is 0 Å². The van der Waals surface area contributed by atoms with Crippen LogP contribution in [0.5, 0.6) is 0 Å². The number of rotatable bonds is 3. The maximum absolute atomic E-state index is 12.0. The van der Waals surface area contributed by atoms with Crippen LogP contribution in [0, 0.1) is 6.92 Å². The Labute approximate surface area is 118 Å². The standard InChI is InChI=1S/C15H20N4O/c1-10-13(11-4-2-3-5-12(11)18-10)14(15(16)20)19-8-6-17-7-9-19/h2-5,14,17-18H,6-9H2,1H3,(H2,16,20). The molecule has 5 heteroatoms. The van der Waals surface area contributed by atoms with Crippen LogP contribution < -0.4 is 11.1 Å². The summed E-state index contributed by atoms with van der Waals surface area (Å²) in [6, 6.07) is 7.71. The lowest BCUT2D eigenvalue weighted by Crippen LogP contribution is -2.48. The van der Waals surface area contributed by atoms with Gasteiger partial charge < -0.3 is 16.0 Å². The summed E-state index contributed by atoms with van der Waals surface area (Å²) in [5, 5.41) is 4.39. The van der Waals surface area contributed by atoms with Gasteiger partial charge in [0.2, 0.25) is 5.91 Å². The predicted octanol–water partition coefficient (Wildman–Crippen LogP) is 0.908. The molecular formula is C15H20N4O. The molecule has 1 fully saturated rings. The summed E-state index contributed by atoms with van der Waals surface area (Å²) < 4.78 is 0. The van der Waals surface area contributed by atoms with Gasteiger partial charge in [-0.2, -0.15) is 0 Å². The quantitative estimate of drug-likeness (QED) is 0.777. The molecule has 4 N–H and O–H groups in total. The molecule has 1 saturated heterocycles. The maximum Gasteiger partial charge on any atom is 0.239 e. The summed E-state index contributed by atoms with van der Waals surface area (Å²) in [6.45, 7) is 5.48. The SMILES string of the molecule is Cc1[nH]c2ccccc2c1C(C(N)=O)N1CCNCC1. The van der Waals surface area contributed by atoms with Crippen LogP contribution in [0.15, 0.2) is 24.3 Å². The van der Waals surface area contributed by atoms with Crippen LogP contribution >= 0.6 is 0 Å². The number of nitrogens with zero attached hydrogens (tertiary/aromatic N) is 1. The number of aryl methyl sites for hydroxylation is 1. The number of carbonyl (C=O) groups is 1. The Morgan fingerprint density at radius 3 is 2.70 bits per heavy atom. The lowest BCUT2D eigenvalue weighted by molar-refractivity contribution is -0.123. The van der Waals surface area contributed by atoms with Gasteiger partial charge in [-0.1, -0.05) is 18.2 Å². The Balaban J connectivity index is 2.09. The van der Waals surface area contributed by atoms with E-state index in [1.165, 1.54) is 0 Å². The Morgan fingerprint density at radius 2 is 2.00 bits per heavy atom. The van der Waals surface area contributed by atoms with E-state index >= 15 is 0 Å². The van der Waals surface area contributed by atoms with E-state index in [0.717, 1.165) is 48.3 Å². The number of carbonyl (C=O) groups excluding carboxylic acids is 1. The Bertz CT molecular complexity index is 628. The number of piperazine rings is 1. The molecule has 1 aromatic carbocycles. The molecule has 106 valence electrons. The van der Waals surface area contributed by atoms with Crippen molar-refractivity contribution < 1.29 is 4.79 Å². The van der Waals surface area contributed by atoms with E-state index in [0.29, 0.717) is 0 Å². The van der Waals surface area contributed by atoms with Crippen molar-refractivity contribution in [2.45, 2.75) is 13.0 Å². The second-order valence-electron chi connectivity index (χ2n) is 5.30. The molecule has 0 bridgehead atoms. The number of amides is 1. The van der Waals surface area contributed by atoms with Crippen LogP contribution in [0.3, 0.4) is 0 Å². The highest BCUT2D eigenvalue weighted by molar-refractivity contribution is 5.92. The van der Waals surface area contributed by atoms with Crippen LogP contribution in [0.25, 0.3) is 10.9 Å². The first-order valence-electron chi connectivity index (χ1n) is 7.00. The zero-order valence-corrected chi connectivity index (χ0v) is 11.6. The van der Waals surface area contributed by atoms with Crippen molar-refractivity contribution in [3.05, 3.63) is 35.5 Å². The van der Waals surface area contributed by atoms with Crippen molar-refractivity contribution in [1.82, 2.24) is 15.2 Å². The highest BCUT2D eigenvalue weighted by Gasteiger charge is 2.30. The number of aromatic amines is 1. The molecule has 1 aliphatic heterocycles. The third-order valence-corrected chi connectivity index (χ3v) is 4.00. The van der Waals surface area contributed by atoms with Gasteiger partial charge in [0.05, 0.1) is 0 Å². The number of H-pyrrole nitrogens is 1. The number of benzene rings is 1. The molecule has 5 nitrogen and oxygen atoms in total. The van der Waals surface area contributed by atoms with Crippen molar-refractivity contribution in [3.8, 4) is 0 Å². The number of primary amides is 1. The topological polar surface area (TPSA) is 74.2 Å². The number of para-hydroxylation sites is 1. The van der Waals surface area contributed by atoms with Gasteiger partial charge in [0.15, 0.2) is 0 Å². The van der Waals surface area contributed by atoms with Gasteiger partial charge in [-0.15, -0.1) is 0 Å². The minimum absolute atomic E-state index is 0.278. The van der Waals surface area contributed by atoms with Crippen LogP contribution in [-0.4, -0.2) is 42.0 Å². The molecule has 0 aliphatic carbocycles. The van der Waals surface area contributed by atoms with Crippen LogP contribution in [-0.2, 0) is 4.79 Å². The summed E-state index contributed by atoms with van der Waals surface area (Å²) in [6.07, 6.45) is 0. The first-order chi connectivity index (χ1) is 9.68. The van der Waals surface area contributed by atoms with Crippen molar-refractivity contribution in [1.29, 1.82) is 0 Å². The molecule has 0 saturated carbocycles. The number of hydrogen-bond acceptors (Lipinski definition) is 3. The van der Waals surface area contributed by atoms with E-state index in [9.17, 15) is 4.79 Å². The van der Waals surface area contributed by atoms with Gasteiger partial charge in [0.25, 0.3) is 0 Å². The van der Waals surface area contributed by atoms with E-state index in [4.69, 9.17) is 5.73 Å². The van der Waals surface area contributed by atoms with Crippen LogP contribution in [0.2, 0.25) is 0 Å². The average Bonchev–Trinajstić information content (AvgIpc) is 2.77. The molecule has 0 radical (unpaired) electrons. The van der Waals surface area contributed by atoms with E-state index in [-0.39, 0.29) is 11.9 Å². The minimum Gasteiger partial charge on any atom is -0.368 e. The third kappa shape index (κ3) is 2.19. The zero-order valence-electron chi connectivity index (χ0n) is 11.6. The number of fused-ring (bicyclic) bond motifs is 1. The van der Waals surface area contributed by atoms with Crippen molar-refractivity contribution in [2.24, 2.45) is 5.73 Å². The molecule has 20 heavy (non-hydrogen) atoms. The molecule has 3 rings (SSSR count). The van der Waals surface area contributed by atoms with Gasteiger partial charge in [-0.3, -0.25) is 9.69 Å². The lowest BCUT2D eigenvalue weighted by Gasteiger charge is -2.33. The first kappa shape index (κ1) is 13.1. The number of hydrogen-bond donors (Lipinski definition) is 3. The van der Waals surface area contributed by atoms with E-state index in [2.05, 4.69) is 15.2 Å². The van der Waals surface area contributed by atoms with E-state index in [1.807, 2.05) is 31.2 Å². The molecule has 1 aliphatic rings. The van der Waals surface area contributed by atoms with Gasteiger partial charge >= 0.3 is 0 Å². The summed E-state index contributed by atoms with van der Waals surface area (Å²) in [7, 11) is 0. The minimum atomic E-state index is -0.353. The monoisotopic (exact) mass is 272 g/mol. The van der Waals surface area contributed by atoms with Crippen molar-refractivity contribution in [2.75, 3.05) is 26.2 Å². The van der Waals surface area contributed by atoms with Gasteiger partial charge in [-0.05, 0) is 13.0 Å². The Morgan fingerprint density at radius 1 is 1.30 bits per heavy atom. The van der Waals surface area contributed by atoms with Gasteiger partial charge in [0.1, 0.15) is 6.04 Å². The van der Waals surface area contributed by atoms with Crippen molar-refractivity contribution in [3.63, 3.8) is 0 Å². The normalized spacial score (nSPS) is 18.2. The first-order valence-corrected chi connectivity index (χ1v) is 7.00. The molecule has 1 unspecified atom stereocenters. The molecule has 1 atom stereocenters. The van der Waals surface area contributed by atoms with Gasteiger partial charge in [-0.25, -0.2) is 0 Å². The van der Waals surface area contributed by atoms with Crippen LogP contribution in [0.1, 0.15) is 17.3 Å². The highest BCUT2D eigenvalue weighted by Crippen LogP contribution is 2.31. The summed E-state index contributed by atoms with van der Waals surface area (Å²) in [5.74, 6) is -0.278. The fraction of sp³-hybridized carbons (Fsp3) is 0.400. The molecule has 1 amide bonds. The van der Waals surface area contributed by atoms with Crippen molar-refractivity contribution >= 4 is 16.8 Å². The number of aromatic nitrogens is 1. The third-order valence-electron chi connectivity index (χ3n) is 4.00. The van der Waals surface area contributed by atoms with Gasteiger partial charge in [0, 0.05) is 48.3 Å². The molecule has 2 heterocycles. The summed E-state index contributed by atoms with van der Waals surface area (Å²) in [4.78, 5) is 17.6.